The van der Waals surface area contributed by atoms with Crippen molar-refractivity contribution in [1.29, 1.82) is 0 Å². The second kappa shape index (κ2) is 10.3. The lowest BCUT2D eigenvalue weighted by Crippen LogP contribution is -2.50. The Kier molecular flexibility index (Phi) is 6.64. The number of β-amino-alcohol motifs (C(OH)–C–C–N with tert-alkyl or cyclic N) is 1. The summed E-state index contributed by atoms with van der Waals surface area (Å²) in [4.78, 5) is 19.7. The first-order chi connectivity index (χ1) is 18.9. The molecule has 4 aromatic rings. The minimum absolute atomic E-state index is 0.227. The molecule has 0 radical (unpaired) electrons. The molecule has 2 fully saturated rings. The molecule has 0 atom stereocenters. The maximum atomic E-state index is 15.1. The maximum absolute atomic E-state index is 15.1. The molecule has 2 aliphatic rings. The number of anilines is 1. The van der Waals surface area contributed by atoms with Crippen LogP contribution in [0.5, 0.6) is 0 Å². The van der Waals surface area contributed by atoms with Gasteiger partial charge in [-0.2, -0.15) is 5.10 Å². The summed E-state index contributed by atoms with van der Waals surface area (Å²) in [6, 6.07) is 16.9. The number of fused-ring (bicyclic) bond motifs is 1. The summed E-state index contributed by atoms with van der Waals surface area (Å²) >= 11 is 0. The lowest BCUT2D eigenvalue weighted by molar-refractivity contribution is 0.0949. The topological polar surface area (TPSA) is 82.8 Å². The molecule has 0 unspecified atom stereocenters. The molecule has 7 nitrogen and oxygen atoms in total. The van der Waals surface area contributed by atoms with Crippen molar-refractivity contribution in [3.63, 3.8) is 0 Å². The van der Waals surface area contributed by atoms with Crippen molar-refractivity contribution >= 4 is 22.8 Å². The monoisotopic (exact) mass is 525 g/mol. The summed E-state index contributed by atoms with van der Waals surface area (Å²) in [5, 5.41) is 17.3. The van der Waals surface area contributed by atoms with E-state index in [1.807, 2.05) is 36.1 Å². The van der Waals surface area contributed by atoms with E-state index in [1.165, 1.54) is 22.8 Å². The molecule has 1 aliphatic heterocycles. The van der Waals surface area contributed by atoms with Gasteiger partial charge >= 0.3 is 0 Å². The van der Waals surface area contributed by atoms with Gasteiger partial charge in [0.25, 0.3) is 5.91 Å². The number of nitrogens with one attached hydrogen (secondary N) is 1. The number of amides is 1. The molecule has 39 heavy (non-hydrogen) atoms. The molecule has 1 saturated carbocycles. The smallest absolute Gasteiger partial charge is 0.270 e. The number of nitrogens with zero attached hydrogens (tertiary/aromatic N) is 4. The van der Waals surface area contributed by atoms with Crippen molar-refractivity contribution in [2.45, 2.75) is 45.1 Å². The number of carbonyl (C=O) groups is 1. The Balaban J connectivity index is 1.23. The predicted molar refractivity (Wildman–Crippen MR) is 150 cm³/mol. The Morgan fingerprint density at radius 3 is 2.67 bits per heavy atom. The molecule has 6 rings (SSSR count). The molecule has 1 aliphatic carbocycles. The molecule has 0 spiro atoms. The normalized spacial score (nSPS) is 16.0. The highest BCUT2D eigenvalue weighted by Crippen LogP contribution is 2.40. The van der Waals surface area contributed by atoms with Gasteiger partial charge in [0.2, 0.25) is 0 Å². The van der Waals surface area contributed by atoms with Crippen LogP contribution in [0, 0.1) is 5.82 Å². The highest BCUT2D eigenvalue weighted by molar-refractivity contribution is 5.93. The summed E-state index contributed by atoms with van der Waals surface area (Å²) < 4.78 is 16.9. The van der Waals surface area contributed by atoms with E-state index in [2.05, 4.69) is 40.5 Å². The van der Waals surface area contributed by atoms with Gasteiger partial charge < -0.3 is 15.3 Å². The van der Waals surface area contributed by atoms with Crippen LogP contribution < -0.4 is 10.2 Å². The van der Waals surface area contributed by atoms with E-state index < -0.39 is 0 Å². The number of rotatable bonds is 8. The third-order valence-corrected chi connectivity index (χ3v) is 7.69. The van der Waals surface area contributed by atoms with Crippen LogP contribution in [-0.2, 0) is 6.42 Å². The molecule has 0 bridgehead atoms. The van der Waals surface area contributed by atoms with Crippen LogP contribution in [0.1, 0.15) is 59.9 Å². The van der Waals surface area contributed by atoms with Crippen molar-refractivity contribution < 1.29 is 14.3 Å². The fourth-order valence-corrected chi connectivity index (χ4v) is 5.17. The third kappa shape index (κ3) is 5.04. The number of halogens is 1. The van der Waals surface area contributed by atoms with Gasteiger partial charge in [-0.25, -0.2) is 13.9 Å². The van der Waals surface area contributed by atoms with Gasteiger partial charge in [0.15, 0.2) is 5.65 Å². The summed E-state index contributed by atoms with van der Waals surface area (Å²) in [6.45, 7) is 5.63. The van der Waals surface area contributed by atoms with Crippen molar-refractivity contribution in [2.24, 2.45) is 0 Å². The number of carbonyl (C=O) groups excluding carboxylic acids is 1. The summed E-state index contributed by atoms with van der Waals surface area (Å²) in [5.41, 5.74) is 7.00. The van der Waals surface area contributed by atoms with Crippen LogP contribution in [0.25, 0.3) is 22.5 Å². The van der Waals surface area contributed by atoms with Gasteiger partial charge in [0, 0.05) is 48.6 Å². The van der Waals surface area contributed by atoms with Crippen molar-refractivity contribution in [3.05, 3.63) is 89.0 Å². The number of hydrogen-bond acceptors (Lipinski definition) is 5. The van der Waals surface area contributed by atoms with Crippen LogP contribution in [0.15, 0.2) is 60.7 Å². The number of aliphatic hydroxyl groups excluding tert-OH is 1. The number of aromatic nitrogens is 3. The quantitative estimate of drug-likeness (QED) is 0.339. The molecule has 2 N–H and O–H groups in total. The summed E-state index contributed by atoms with van der Waals surface area (Å²) in [7, 11) is 0. The molecule has 3 heterocycles. The van der Waals surface area contributed by atoms with E-state index in [0.29, 0.717) is 54.6 Å². The van der Waals surface area contributed by atoms with Gasteiger partial charge in [-0.3, -0.25) is 4.79 Å². The van der Waals surface area contributed by atoms with Crippen molar-refractivity contribution in [1.82, 2.24) is 19.9 Å². The Morgan fingerprint density at radius 1 is 1.15 bits per heavy atom. The van der Waals surface area contributed by atoms with E-state index in [4.69, 9.17) is 0 Å². The molecular weight excluding hydrogens is 493 g/mol. The molecule has 2 aromatic heterocycles. The number of hydrogen-bond donors (Lipinski definition) is 2. The van der Waals surface area contributed by atoms with E-state index in [1.54, 1.807) is 16.6 Å². The van der Waals surface area contributed by atoms with Gasteiger partial charge in [0.1, 0.15) is 11.5 Å². The molecule has 8 heteroatoms. The van der Waals surface area contributed by atoms with Gasteiger partial charge in [-0.15, -0.1) is 0 Å². The largest absolute Gasteiger partial charge is 0.389 e. The maximum Gasteiger partial charge on any atom is 0.270 e. The van der Waals surface area contributed by atoms with Crippen LogP contribution in [0.2, 0.25) is 0 Å². The first kappa shape index (κ1) is 25.2. The average Bonchev–Trinajstić information content (AvgIpc) is 3.68. The molecule has 200 valence electrons. The lowest BCUT2D eigenvalue weighted by atomic mass is 9.98. The van der Waals surface area contributed by atoms with Gasteiger partial charge in [-0.05, 0) is 74.1 Å². The van der Waals surface area contributed by atoms with E-state index in [-0.39, 0.29) is 17.8 Å². The first-order valence-electron chi connectivity index (χ1n) is 13.5. The summed E-state index contributed by atoms with van der Waals surface area (Å²) in [5.74, 6) is -0.290. The Morgan fingerprint density at radius 2 is 1.95 bits per heavy atom. The Hall–Kier alpha value is -4.04. The Labute approximate surface area is 227 Å². The fraction of sp³-hybridized carbons (Fsp3) is 0.323. The number of aliphatic hydroxyl groups is 1. The van der Waals surface area contributed by atoms with E-state index >= 15 is 4.39 Å². The van der Waals surface area contributed by atoms with Gasteiger partial charge in [-0.1, -0.05) is 30.3 Å². The van der Waals surface area contributed by atoms with Crippen molar-refractivity contribution in [3.8, 4) is 11.3 Å². The first-order valence-corrected chi connectivity index (χ1v) is 13.5. The fourth-order valence-electron chi connectivity index (χ4n) is 5.17. The zero-order valence-corrected chi connectivity index (χ0v) is 22.2. The summed E-state index contributed by atoms with van der Waals surface area (Å²) in [6.07, 6.45) is 4.51. The highest BCUT2D eigenvalue weighted by Gasteiger charge is 2.29. The van der Waals surface area contributed by atoms with E-state index in [0.717, 1.165) is 24.2 Å². The van der Waals surface area contributed by atoms with Crippen LogP contribution in [0.4, 0.5) is 10.1 Å². The predicted octanol–water partition coefficient (Wildman–Crippen LogP) is 4.99. The molecule has 1 saturated heterocycles. The second-order valence-corrected chi connectivity index (χ2v) is 10.5. The van der Waals surface area contributed by atoms with Crippen LogP contribution in [0.3, 0.4) is 0 Å². The second-order valence-electron chi connectivity index (χ2n) is 10.5. The molecule has 2 aromatic carbocycles. The number of benzene rings is 2. The lowest BCUT2D eigenvalue weighted by Gasteiger charge is -2.37. The minimum atomic E-state index is -0.378. The highest BCUT2D eigenvalue weighted by atomic mass is 19.1. The Bertz CT molecular complexity index is 1580. The zero-order valence-electron chi connectivity index (χ0n) is 22.2. The SMILES string of the molecule is C/C=C(/C)c1ccccc1CCNC(=O)c1cc(C2CC2)n2nc(-c3ccc(N4CC(O)C4)cc3F)cc2n1. The van der Waals surface area contributed by atoms with Gasteiger partial charge in [0.05, 0.1) is 11.8 Å². The van der Waals surface area contributed by atoms with E-state index in [9.17, 15) is 9.90 Å². The molecular formula is C31H32FN5O2. The third-order valence-electron chi connectivity index (χ3n) is 7.69. The van der Waals surface area contributed by atoms with Crippen LogP contribution in [-0.4, -0.2) is 51.4 Å². The number of allylic oxidation sites excluding steroid dienone is 2. The standard InChI is InChI=1S/C31H32FN5O2/c1-3-19(2)24-7-5-4-6-20(24)12-13-33-31(39)28-15-29(21-8-9-21)37-30(34-28)16-27(35-37)25-11-10-22(14-26(25)32)36-17-23(38)18-36/h3-7,10-11,14-16,21,23,38H,8-9,12-13,17-18H2,1-2H3,(H,33,39)/b19-3-. The minimum Gasteiger partial charge on any atom is -0.389 e. The average molecular weight is 526 g/mol. The van der Waals surface area contributed by atoms with Crippen molar-refractivity contribution in [2.75, 3.05) is 24.5 Å². The zero-order chi connectivity index (χ0) is 27.1. The molecule has 1 amide bonds. The van der Waals surface area contributed by atoms with Crippen LogP contribution >= 0.6 is 0 Å².